The Morgan fingerprint density at radius 2 is 1.47 bits per heavy atom. The molecule has 2 unspecified atom stereocenters. The number of hydrogen-bond acceptors (Lipinski definition) is 3. The predicted octanol–water partition coefficient (Wildman–Crippen LogP) is 7.29. The van der Waals surface area contributed by atoms with Gasteiger partial charge in [-0.05, 0) is 61.9 Å². The zero-order valence-electron chi connectivity index (χ0n) is 18.5. The number of ether oxygens (including phenoxy) is 1. The number of aromatic nitrogens is 2. The average molecular weight is 419 g/mol. The van der Waals surface area contributed by atoms with Gasteiger partial charge in [0.2, 0.25) is 0 Å². The average Bonchev–Trinajstić information content (AvgIpc) is 2.79. The molecule has 2 atom stereocenters. The van der Waals surface area contributed by atoms with E-state index in [0.29, 0.717) is 18.0 Å². The van der Waals surface area contributed by atoms with Crippen LogP contribution < -0.4 is 4.74 Å². The third-order valence-electron chi connectivity index (χ3n) is 5.30. The number of aryl methyl sites for hydroxylation is 1. The molecule has 3 nitrogen and oxygen atoms in total. The number of halogens is 2. The molecule has 2 aromatic rings. The van der Waals surface area contributed by atoms with Crippen LogP contribution in [0.5, 0.6) is 5.75 Å². The fourth-order valence-corrected chi connectivity index (χ4v) is 3.28. The molecule has 2 rings (SSSR count). The van der Waals surface area contributed by atoms with Crippen LogP contribution in [0, 0.1) is 0 Å². The van der Waals surface area contributed by atoms with Crippen molar-refractivity contribution < 1.29 is 13.5 Å². The van der Waals surface area contributed by atoms with E-state index in [1.165, 1.54) is 44.1 Å². The Hall–Kier alpha value is -2.04. The van der Waals surface area contributed by atoms with E-state index in [1.54, 1.807) is 19.1 Å². The summed E-state index contributed by atoms with van der Waals surface area (Å²) in [6.45, 7) is 3.94. The van der Waals surface area contributed by atoms with E-state index >= 15 is 0 Å². The molecule has 0 aliphatic rings. The summed E-state index contributed by atoms with van der Waals surface area (Å²) in [5.74, 6) is 1.26. The van der Waals surface area contributed by atoms with Gasteiger partial charge in [-0.1, -0.05) is 46.0 Å². The lowest BCUT2D eigenvalue weighted by Gasteiger charge is -2.12. The molecule has 0 aliphatic carbocycles. The Morgan fingerprint density at radius 3 is 2.13 bits per heavy atom. The number of alkyl halides is 2. The molecule has 0 spiro atoms. The van der Waals surface area contributed by atoms with Gasteiger partial charge in [-0.25, -0.2) is 18.7 Å². The molecule has 0 saturated heterocycles. The SMILES string of the molecule is CCCCCCCCc1cnc(-c2ccc(OCC(F)CCC(F)CC)cc2)nc1. The second-order valence-electron chi connectivity index (χ2n) is 7.95. The molecular formula is C25H36F2N2O. The molecule has 166 valence electrons. The zero-order valence-corrected chi connectivity index (χ0v) is 18.5. The minimum absolute atomic E-state index is 0.0561. The number of unbranched alkanes of at least 4 members (excludes halogenated alkanes) is 5. The number of hydrogen-bond donors (Lipinski definition) is 0. The molecule has 1 aromatic carbocycles. The molecule has 0 radical (unpaired) electrons. The fraction of sp³-hybridized carbons (Fsp3) is 0.600. The highest BCUT2D eigenvalue weighted by Gasteiger charge is 2.12. The van der Waals surface area contributed by atoms with Gasteiger partial charge in [-0.15, -0.1) is 0 Å². The summed E-state index contributed by atoms with van der Waals surface area (Å²) in [5.41, 5.74) is 2.07. The summed E-state index contributed by atoms with van der Waals surface area (Å²) in [5, 5.41) is 0. The monoisotopic (exact) mass is 418 g/mol. The molecular weight excluding hydrogens is 382 g/mol. The number of nitrogens with zero attached hydrogens (tertiary/aromatic N) is 2. The maximum atomic E-state index is 13.8. The minimum atomic E-state index is -1.16. The molecule has 0 N–H and O–H groups in total. The Kier molecular flexibility index (Phi) is 11.3. The van der Waals surface area contributed by atoms with Gasteiger partial charge in [0.25, 0.3) is 0 Å². The first-order valence-electron chi connectivity index (χ1n) is 11.4. The summed E-state index contributed by atoms with van der Waals surface area (Å²) in [4.78, 5) is 8.97. The Balaban J connectivity index is 1.74. The first kappa shape index (κ1) is 24.2. The lowest BCUT2D eigenvalue weighted by molar-refractivity contribution is 0.170. The van der Waals surface area contributed by atoms with Crippen LogP contribution in [0.25, 0.3) is 11.4 Å². The Labute approximate surface area is 180 Å². The van der Waals surface area contributed by atoms with Crippen molar-refractivity contribution in [3.63, 3.8) is 0 Å². The van der Waals surface area contributed by atoms with Gasteiger partial charge in [0.1, 0.15) is 18.5 Å². The largest absolute Gasteiger partial charge is 0.491 e. The number of benzene rings is 1. The fourth-order valence-electron chi connectivity index (χ4n) is 3.28. The third-order valence-corrected chi connectivity index (χ3v) is 5.30. The molecule has 5 heteroatoms. The topological polar surface area (TPSA) is 35.0 Å². The molecule has 0 saturated carbocycles. The van der Waals surface area contributed by atoms with Gasteiger partial charge in [0, 0.05) is 18.0 Å². The van der Waals surface area contributed by atoms with Crippen LogP contribution >= 0.6 is 0 Å². The van der Waals surface area contributed by atoms with Crippen molar-refractivity contribution in [2.45, 2.75) is 90.4 Å². The second-order valence-corrected chi connectivity index (χ2v) is 7.95. The first-order chi connectivity index (χ1) is 14.6. The molecule has 30 heavy (non-hydrogen) atoms. The van der Waals surface area contributed by atoms with Gasteiger partial charge < -0.3 is 4.74 Å². The summed E-state index contributed by atoms with van der Waals surface area (Å²) in [7, 11) is 0. The first-order valence-corrected chi connectivity index (χ1v) is 11.4. The standard InChI is InChI=1S/C25H36F2N2O/c1-3-5-6-7-8-9-10-20-17-28-25(29-18-20)21-11-15-24(16-12-21)30-19-23(27)14-13-22(26)4-2/h11-12,15-18,22-23H,3-10,13-14,19H2,1-2H3. The van der Waals surface area contributed by atoms with Gasteiger partial charge in [0.05, 0.1) is 6.17 Å². The van der Waals surface area contributed by atoms with E-state index in [1.807, 2.05) is 24.5 Å². The highest BCUT2D eigenvalue weighted by molar-refractivity contribution is 5.55. The molecule has 1 heterocycles. The molecule has 0 amide bonds. The van der Waals surface area contributed by atoms with Gasteiger partial charge >= 0.3 is 0 Å². The smallest absolute Gasteiger partial charge is 0.159 e. The van der Waals surface area contributed by atoms with Crippen LogP contribution in [0.4, 0.5) is 8.78 Å². The minimum Gasteiger partial charge on any atom is -0.491 e. The van der Waals surface area contributed by atoms with Crippen molar-refractivity contribution in [2.75, 3.05) is 6.61 Å². The van der Waals surface area contributed by atoms with Crippen LogP contribution in [0.2, 0.25) is 0 Å². The van der Waals surface area contributed by atoms with Crippen molar-refractivity contribution in [1.82, 2.24) is 9.97 Å². The molecule has 0 bridgehead atoms. The molecule has 1 aromatic heterocycles. The van der Waals surface area contributed by atoms with Crippen LogP contribution in [-0.2, 0) is 6.42 Å². The summed E-state index contributed by atoms with van der Waals surface area (Å²) < 4.78 is 32.5. The van der Waals surface area contributed by atoms with Crippen LogP contribution in [0.15, 0.2) is 36.7 Å². The van der Waals surface area contributed by atoms with E-state index in [4.69, 9.17) is 4.74 Å². The second kappa shape index (κ2) is 14.1. The van der Waals surface area contributed by atoms with E-state index in [9.17, 15) is 8.78 Å². The van der Waals surface area contributed by atoms with E-state index in [-0.39, 0.29) is 19.4 Å². The van der Waals surface area contributed by atoms with Crippen molar-refractivity contribution in [2.24, 2.45) is 0 Å². The molecule has 0 fully saturated rings. The Bertz CT molecular complexity index is 691. The van der Waals surface area contributed by atoms with Crippen LogP contribution in [0.3, 0.4) is 0 Å². The number of rotatable bonds is 15. The van der Waals surface area contributed by atoms with E-state index < -0.39 is 12.3 Å². The third kappa shape index (κ3) is 9.19. The highest BCUT2D eigenvalue weighted by atomic mass is 19.1. The maximum Gasteiger partial charge on any atom is 0.159 e. The quantitative estimate of drug-likeness (QED) is 0.285. The maximum absolute atomic E-state index is 13.8. The van der Waals surface area contributed by atoms with Gasteiger partial charge in [-0.2, -0.15) is 0 Å². The van der Waals surface area contributed by atoms with Gasteiger partial charge in [-0.3, -0.25) is 0 Å². The molecule has 0 aliphatic heterocycles. The van der Waals surface area contributed by atoms with Crippen molar-refractivity contribution in [3.8, 4) is 17.1 Å². The predicted molar refractivity (Wildman–Crippen MR) is 119 cm³/mol. The zero-order chi connectivity index (χ0) is 21.6. The van der Waals surface area contributed by atoms with Crippen molar-refractivity contribution in [1.29, 1.82) is 0 Å². The summed E-state index contributed by atoms with van der Waals surface area (Å²) in [6, 6.07) is 7.33. The lowest BCUT2D eigenvalue weighted by Crippen LogP contribution is -2.14. The highest BCUT2D eigenvalue weighted by Crippen LogP contribution is 2.20. The Morgan fingerprint density at radius 1 is 0.833 bits per heavy atom. The van der Waals surface area contributed by atoms with E-state index in [2.05, 4.69) is 16.9 Å². The van der Waals surface area contributed by atoms with Crippen molar-refractivity contribution >= 4 is 0 Å². The summed E-state index contributed by atoms with van der Waals surface area (Å²) in [6.07, 6.45) is 11.3. The van der Waals surface area contributed by atoms with Crippen LogP contribution in [0.1, 0.15) is 77.2 Å². The van der Waals surface area contributed by atoms with E-state index in [0.717, 1.165) is 12.0 Å². The normalized spacial score (nSPS) is 13.2. The summed E-state index contributed by atoms with van der Waals surface area (Å²) >= 11 is 0. The van der Waals surface area contributed by atoms with Crippen LogP contribution in [-0.4, -0.2) is 28.9 Å². The van der Waals surface area contributed by atoms with Gasteiger partial charge in [0.15, 0.2) is 5.82 Å². The van der Waals surface area contributed by atoms with Crippen molar-refractivity contribution in [3.05, 3.63) is 42.2 Å². The lowest BCUT2D eigenvalue weighted by atomic mass is 10.1.